The third-order valence-electron chi connectivity index (χ3n) is 3.32. The summed E-state index contributed by atoms with van der Waals surface area (Å²) in [7, 11) is 2.07. The number of piperidine rings is 1. The van der Waals surface area contributed by atoms with E-state index in [4.69, 9.17) is 0 Å². The lowest BCUT2D eigenvalue weighted by molar-refractivity contribution is 0.294. The van der Waals surface area contributed by atoms with Crippen molar-refractivity contribution in [2.24, 2.45) is 5.92 Å². The fraction of sp³-hybridized carbons (Fsp3) is 0.538. The predicted molar refractivity (Wildman–Crippen MR) is 63.8 cm³/mol. The van der Waals surface area contributed by atoms with Crippen molar-refractivity contribution in [2.75, 3.05) is 20.1 Å². The van der Waals surface area contributed by atoms with Crippen molar-refractivity contribution in [3.63, 3.8) is 0 Å². The Hall–Kier alpha value is -0.860. The molecule has 2 nitrogen and oxygen atoms in total. The van der Waals surface area contributed by atoms with Gasteiger partial charge in [-0.05, 0) is 44.5 Å². The lowest BCUT2D eigenvalue weighted by Crippen LogP contribution is -2.35. The van der Waals surface area contributed by atoms with E-state index in [-0.39, 0.29) is 0 Å². The fourth-order valence-electron chi connectivity index (χ4n) is 2.51. The highest BCUT2D eigenvalue weighted by atomic mass is 14.9. The number of hydrogen-bond donors (Lipinski definition) is 2. The van der Waals surface area contributed by atoms with Crippen LogP contribution in [0.5, 0.6) is 0 Å². The quantitative estimate of drug-likeness (QED) is 0.786. The van der Waals surface area contributed by atoms with Crippen LogP contribution < -0.4 is 10.6 Å². The van der Waals surface area contributed by atoms with E-state index in [0.29, 0.717) is 6.04 Å². The van der Waals surface area contributed by atoms with Crippen molar-refractivity contribution >= 4 is 0 Å². The van der Waals surface area contributed by atoms with Crippen LogP contribution in [0.15, 0.2) is 30.3 Å². The summed E-state index contributed by atoms with van der Waals surface area (Å²) in [5.41, 5.74) is 1.42. The van der Waals surface area contributed by atoms with Crippen molar-refractivity contribution in [3.8, 4) is 0 Å². The van der Waals surface area contributed by atoms with Gasteiger partial charge in [-0.3, -0.25) is 0 Å². The smallest absolute Gasteiger partial charge is 0.0347 e. The highest BCUT2D eigenvalue weighted by Crippen LogP contribution is 2.28. The summed E-state index contributed by atoms with van der Waals surface area (Å²) in [6.07, 6.45) is 2.56. The van der Waals surface area contributed by atoms with E-state index in [2.05, 4.69) is 48.0 Å². The number of nitrogens with one attached hydrogen (secondary N) is 2. The molecule has 1 atom stereocenters. The lowest BCUT2D eigenvalue weighted by atomic mass is 9.86. The Morgan fingerprint density at radius 1 is 1.20 bits per heavy atom. The summed E-state index contributed by atoms with van der Waals surface area (Å²) in [6, 6.07) is 11.3. The molecule has 15 heavy (non-hydrogen) atoms. The van der Waals surface area contributed by atoms with Gasteiger partial charge in [-0.1, -0.05) is 30.3 Å². The summed E-state index contributed by atoms with van der Waals surface area (Å²) >= 11 is 0. The van der Waals surface area contributed by atoms with E-state index in [1.807, 2.05) is 0 Å². The molecule has 0 aliphatic carbocycles. The minimum atomic E-state index is 0.522. The van der Waals surface area contributed by atoms with Crippen LogP contribution in [-0.2, 0) is 0 Å². The molecule has 1 aromatic rings. The van der Waals surface area contributed by atoms with E-state index in [0.717, 1.165) is 19.0 Å². The Labute approximate surface area is 92.1 Å². The van der Waals surface area contributed by atoms with E-state index in [1.54, 1.807) is 0 Å². The maximum absolute atomic E-state index is 3.46. The first kappa shape index (κ1) is 10.7. The summed E-state index contributed by atoms with van der Waals surface area (Å²) in [5, 5.41) is 6.88. The molecule has 1 aromatic carbocycles. The molecule has 2 N–H and O–H groups in total. The first-order chi connectivity index (χ1) is 7.42. The average Bonchev–Trinajstić information content (AvgIpc) is 2.33. The molecule has 0 aromatic heterocycles. The van der Waals surface area contributed by atoms with Gasteiger partial charge in [0, 0.05) is 6.04 Å². The van der Waals surface area contributed by atoms with E-state index >= 15 is 0 Å². The van der Waals surface area contributed by atoms with Gasteiger partial charge in [0.1, 0.15) is 0 Å². The molecular formula is C13H20N2. The SMILES string of the molecule is CNC(c1ccccc1)C1CCNCC1. The van der Waals surface area contributed by atoms with Gasteiger partial charge in [0.15, 0.2) is 0 Å². The molecule has 82 valence electrons. The van der Waals surface area contributed by atoms with Crippen LogP contribution in [0.2, 0.25) is 0 Å². The van der Waals surface area contributed by atoms with Gasteiger partial charge in [-0.25, -0.2) is 0 Å². The van der Waals surface area contributed by atoms with Crippen LogP contribution >= 0.6 is 0 Å². The zero-order valence-corrected chi connectivity index (χ0v) is 9.37. The molecule has 1 heterocycles. The van der Waals surface area contributed by atoms with Crippen molar-refractivity contribution in [2.45, 2.75) is 18.9 Å². The number of benzene rings is 1. The molecule has 1 aliphatic rings. The Kier molecular flexibility index (Phi) is 3.75. The second-order valence-electron chi connectivity index (χ2n) is 4.26. The summed E-state index contributed by atoms with van der Waals surface area (Å²) < 4.78 is 0. The highest BCUT2D eigenvalue weighted by Gasteiger charge is 2.22. The molecule has 0 spiro atoms. The van der Waals surface area contributed by atoms with E-state index in [9.17, 15) is 0 Å². The van der Waals surface area contributed by atoms with E-state index < -0.39 is 0 Å². The van der Waals surface area contributed by atoms with Crippen LogP contribution in [0, 0.1) is 5.92 Å². The third-order valence-corrected chi connectivity index (χ3v) is 3.32. The van der Waals surface area contributed by atoms with Crippen LogP contribution in [0.4, 0.5) is 0 Å². The Morgan fingerprint density at radius 2 is 1.87 bits per heavy atom. The van der Waals surface area contributed by atoms with Crippen molar-refractivity contribution < 1.29 is 0 Å². The molecular weight excluding hydrogens is 184 g/mol. The Morgan fingerprint density at radius 3 is 2.47 bits per heavy atom. The van der Waals surface area contributed by atoms with Gasteiger partial charge in [0.2, 0.25) is 0 Å². The fourth-order valence-corrected chi connectivity index (χ4v) is 2.51. The van der Waals surface area contributed by atoms with Crippen LogP contribution in [0.25, 0.3) is 0 Å². The molecule has 1 aliphatic heterocycles. The van der Waals surface area contributed by atoms with Crippen LogP contribution in [0.1, 0.15) is 24.4 Å². The van der Waals surface area contributed by atoms with Gasteiger partial charge < -0.3 is 10.6 Å². The Bertz CT molecular complexity index is 278. The molecule has 0 radical (unpaired) electrons. The maximum atomic E-state index is 3.46. The largest absolute Gasteiger partial charge is 0.317 e. The summed E-state index contributed by atoms with van der Waals surface area (Å²) in [4.78, 5) is 0. The highest BCUT2D eigenvalue weighted by molar-refractivity contribution is 5.19. The Balaban J connectivity index is 2.09. The van der Waals surface area contributed by atoms with Crippen molar-refractivity contribution in [1.82, 2.24) is 10.6 Å². The first-order valence-electron chi connectivity index (χ1n) is 5.84. The second-order valence-corrected chi connectivity index (χ2v) is 4.26. The zero-order valence-electron chi connectivity index (χ0n) is 9.37. The van der Waals surface area contributed by atoms with Gasteiger partial charge in [0.25, 0.3) is 0 Å². The van der Waals surface area contributed by atoms with Crippen LogP contribution in [0.3, 0.4) is 0 Å². The normalized spacial score (nSPS) is 20.1. The standard InChI is InChI=1S/C13H20N2/c1-14-13(11-5-3-2-4-6-11)12-7-9-15-10-8-12/h2-6,12-15H,7-10H2,1H3. The summed E-state index contributed by atoms with van der Waals surface area (Å²) in [5.74, 6) is 0.777. The molecule has 0 bridgehead atoms. The molecule has 1 saturated heterocycles. The molecule has 0 saturated carbocycles. The van der Waals surface area contributed by atoms with Gasteiger partial charge in [-0.15, -0.1) is 0 Å². The monoisotopic (exact) mass is 204 g/mol. The molecule has 2 heteroatoms. The first-order valence-corrected chi connectivity index (χ1v) is 5.84. The molecule has 1 unspecified atom stereocenters. The predicted octanol–water partition coefficient (Wildman–Crippen LogP) is 1.95. The van der Waals surface area contributed by atoms with E-state index in [1.165, 1.54) is 18.4 Å². The second kappa shape index (κ2) is 5.29. The lowest BCUT2D eigenvalue weighted by Gasteiger charge is -2.30. The molecule has 1 fully saturated rings. The molecule has 2 rings (SSSR count). The minimum absolute atomic E-state index is 0.522. The topological polar surface area (TPSA) is 24.1 Å². The average molecular weight is 204 g/mol. The minimum Gasteiger partial charge on any atom is -0.317 e. The maximum Gasteiger partial charge on any atom is 0.0347 e. The van der Waals surface area contributed by atoms with Gasteiger partial charge in [-0.2, -0.15) is 0 Å². The molecule has 0 amide bonds. The number of rotatable bonds is 3. The zero-order chi connectivity index (χ0) is 10.5. The van der Waals surface area contributed by atoms with Crippen molar-refractivity contribution in [1.29, 1.82) is 0 Å². The third kappa shape index (κ3) is 2.58. The van der Waals surface area contributed by atoms with Gasteiger partial charge in [0.05, 0.1) is 0 Å². The van der Waals surface area contributed by atoms with Gasteiger partial charge >= 0.3 is 0 Å². The number of hydrogen-bond acceptors (Lipinski definition) is 2. The van der Waals surface area contributed by atoms with Crippen LogP contribution in [-0.4, -0.2) is 20.1 Å². The van der Waals surface area contributed by atoms with Crippen molar-refractivity contribution in [3.05, 3.63) is 35.9 Å². The summed E-state index contributed by atoms with van der Waals surface area (Å²) in [6.45, 7) is 2.32.